The summed E-state index contributed by atoms with van der Waals surface area (Å²) in [5.41, 5.74) is 0.781. The van der Waals surface area contributed by atoms with Crippen LogP contribution < -0.4 is 10.6 Å². The Bertz CT molecular complexity index is 544. The quantitative estimate of drug-likeness (QED) is 0.902. The lowest BCUT2D eigenvalue weighted by Gasteiger charge is -2.32. The number of anilines is 1. The molecule has 1 aliphatic heterocycles. The Kier molecular flexibility index (Phi) is 4.39. The molecule has 1 aromatic rings. The summed E-state index contributed by atoms with van der Waals surface area (Å²) in [4.78, 5) is 12.5. The first kappa shape index (κ1) is 17.0. The molecule has 2 N–H and O–H groups in total. The lowest BCUT2D eigenvalue weighted by Crippen LogP contribution is -2.48. The van der Waals surface area contributed by atoms with Crippen molar-refractivity contribution in [3.8, 4) is 0 Å². The van der Waals surface area contributed by atoms with Gasteiger partial charge in [0.15, 0.2) is 0 Å². The highest BCUT2D eigenvalue weighted by molar-refractivity contribution is 5.92. The van der Waals surface area contributed by atoms with E-state index >= 15 is 0 Å². The molecule has 5 nitrogen and oxygen atoms in total. The highest BCUT2D eigenvalue weighted by atomic mass is 16.2. The van der Waals surface area contributed by atoms with Gasteiger partial charge in [0.05, 0.1) is 11.2 Å². The minimum Gasteiger partial charge on any atom is -0.316 e. The van der Waals surface area contributed by atoms with Crippen molar-refractivity contribution in [1.29, 1.82) is 0 Å². The molecule has 1 aromatic heterocycles. The highest BCUT2D eigenvalue weighted by Gasteiger charge is 2.31. The summed E-state index contributed by atoms with van der Waals surface area (Å²) in [6.07, 6.45) is 0. The van der Waals surface area contributed by atoms with Crippen LogP contribution in [0.3, 0.4) is 0 Å². The molecule has 0 aromatic carbocycles. The summed E-state index contributed by atoms with van der Waals surface area (Å²) in [5.74, 6) is 1.33. The average molecular weight is 306 g/mol. The van der Waals surface area contributed by atoms with Gasteiger partial charge in [0.1, 0.15) is 5.82 Å². The maximum absolute atomic E-state index is 12.5. The van der Waals surface area contributed by atoms with E-state index in [0.29, 0.717) is 5.92 Å². The Labute approximate surface area is 133 Å². The molecule has 0 radical (unpaired) electrons. The number of aromatic nitrogens is 2. The van der Waals surface area contributed by atoms with Crippen molar-refractivity contribution in [2.45, 2.75) is 59.4 Å². The van der Waals surface area contributed by atoms with Crippen molar-refractivity contribution in [3.63, 3.8) is 0 Å². The maximum Gasteiger partial charge on any atom is 0.228 e. The van der Waals surface area contributed by atoms with Crippen LogP contribution in [-0.4, -0.2) is 28.8 Å². The number of carbonyl (C=O) groups excluding carboxylic acids is 1. The molecule has 1 atom stereocenters. The Morgan fingerprint density at radius 3 is 2.32 bits per heavy atom. The summed E-state index contributed by atoms with van der Waals surface area (Å²) >= 11 is 0. The summed E-state index contributed by atoms with van der Waals surface area (Å²) in [6.45, 7) is 16.6. The van der Waals surface area contributed by atoms with E-state index in [1.165, 1.54) is 0 Å². The Morgan fingerprint density at radius 1 is 1.32 bits per heavy atom. The first-order valence-electron chi connectivity index (χ1n) is 8.13. The third-order valence-electron chi connectivity index (χ3n) is 4.30. The number of rotatable bonds is 3. The monoisotopic (exact) mass is 306 g/mol. The van der Waals surface area contributed by atoms with Crippen molar-refractivity contribution < 1.29 is 4.79 Å². The lowest BCUT2D eigenvalue weighted by atomic mass is 9.88. The van der Waals surface area contributed by atoms with Gasteiger partial charge in [-0.3, -0.25) is 4.79 Å². The van der Waals surface area contributed by atoms with Gasteiger partial charge in [0.25, 0.3) is 0 Å². The van der Waals surface area contributed by atoms with Crippen LogP contribution in [0.15, 0.2) is 6.07 Å². The van der Waals surface area contributed by atoms with Crippen LogP contribution in [0.5, 0.6) is 0 Å². The van der Waals surface area contributed by atoms with Crippen LogP contribution in [0.2, 0.25) is 0 Å². The van der Waals surface area contributed by atoms with Gasteiger partial charge in [-0.05, 0) is 39.8 Å². The lowest BCUT2D eigenvalue weighted by molar-refractivity contribution is -0.121. The number of hydrogen-bond acceptors (Lipinski definition) is 3. The molecule has 22 heavy (non-hydrogen) atoms. The van der Waals surface area contributed by atoms with E-state index in [9.17, 15) is 4.79 Å². The van der Waals surface area contributed by atoms with Crippen LogP contribution in [-0.2, 0) is 15.7 Å². The van der Waals surface area contributed by atoms with Gasteiger partial charge >= 0.3 is 0 Å². The van der Waals surface area contributed by atoms with Gasteiger partial charge in [0.2, 0.25) is 5.91 Å². The molecule has 5 heteroatoms. The summed E-state index contributed by atoms with van der Waals surface area (Å²) in [5, 5.41) is 11.0. The van der Waals surface area contributed by atoms with Gasteiger partial charge in [-0.15, -0.1) is 0 Å². The fraction of sp³-hybridized carbons (Fsp3) is 0.765. The molecule has 1 aliphatic rings. The molecule has 1 amide bonds. The predicted molar refractivity (Wildman–Crippen MR) is 90.1 cm³/mol. The molecule has 124 valence electrons. The number of carbonyl (C=O) groups is 1. The zero-order valence-corrected chi connectivity index (χ0v) is 14.9. The third-order valence-corrected chi connectivity index (χ3v) is 4.30. The molecule has 0 bridgehead atoms. The zero-order valence-electron chi connectivity index (χ0n) is 14.9. The summed E-state index contributed by atoms with van der Waals surface area (Å²) in [6, 6.07) is 2.01. The predicted octanol–water partition coefficient (Wildman–Crippen LogP) is 2.73. The minimum absolute atomic E-state index is 0.0163. The molecule has 0 aliphatic carbocycles. The summed E-state index contributed by atoms with van der Waals surface area (Å²) in [7, 11) is 0. The van der Waals surface area contributed by atoms with Crippen LogP contribution in [0.4, 0.5) is 5.82 Å². The van der Waals surface area contributed by atoms with E-state index in [4.69, 9.17) is 5.10 Å². The molecule has 1 saturated heterocycles. The molecule has 2 rings (SSSR count). The van der Waals surface area contributed by atoms with Crippen molar-refractivity contribution in [1.82, 2.24) is 15.1 Å². The minimum atomic E-state index is -0.173. The fourth-order valence-electron chi connectivity index (χ4n) is 2.47. The Morgan fingerprint density at radius 2 is 1.91 bits per heavy atom. The zero-order chi connectivity index (χ0) is 16.7. The van der Waals surface area contributed by atoms with Gasteiger partial charge in [-0.25, -0.2) is 4.68 Å². The maximum atomic E-state index is 12.5. The standard InChI is InChI=1S/C17H30N4O/c1-11(12-9-18-10-12)15(22)19-14-8-13(16(2,3)4)20-21(14)17(5,6)7/h8,11-12,18H,9-10H2,1-7H3,(H,19,22). The molecule has 0 spiro atoms. The number of nitrogens with one attached hydrogen (secondary N) is 2. The normalized spacial score (nSPS) is 18.0. The van der Waals surface area contributed by atoms with Crippen molar-refractivity contribution in [2.24, 2.45) is 11.8 Å². The molecular formula is C17H30N4O. The largest absolute Gasteiger partial charge is 0.316 e. The van der Waals surface area contributed by atoms with Crippen LogP contribution in [0.25, 0.3) is 0 Å². The number of nitrogens with zero attached hydrogens (tertiary/aromatic N) is 2. The average Bonchev–Trinajstić information content (AvgIpc) is 2.69. The molecule has 0 saturated carbocycles. The van der Waals surface area contributed by atoms with E-state index < -0.39 is 0 Å². The van der Waals surface area contributed by atoms with Crippen LogP contribution in [0.1, 0.15) is 54.2 Å². The second kappa shape index (κ2) is 5.69. The number of amides is 1. The van der Waals surface area contributed by atoms with E-state index in [0.717, 1.165) is 24.6 Å². The van der Waals surface area contributed by atoms with Gasteiger partial charge in [0, 0.05) is 17.4 Å². The molecule has 1 fully saturated rings. The van der Waals surface area contributed by atoms with E-state index in [-0.39, 0.29) is 22.8 Å². The smallest absolute Gasteiger partial charge is 0.228 e. The Hall–Kier alpha value is -1.36. The van der Waals surface area contributed by atoms with Gasteiger partial charge in [-0.1, -0.05) is 27.7 Å². The molecular weight excluding hydrogens is 276 g/mol. The van der Waals surface area contributed by atoms with E-state index in [2.05, 4.69) is 52.2 Å². The topological polar surface area (TPSA) is 59.0 Å². The molecule has 2 heterocycles. The summed E-state index contributed by atoms with van der Waals surface area (Å²) < 4.78 is 1.93. The third kappa shape index (κ3) is 3.51. The molecule has 1 unspecified atom stereocenters. The van der Waals surface area contributed by atoms with Crippen molar-refractivity contribution in [3.05, 3.63) is 11.8 Å². The first-order chi connectivity index (χ1) is 10.00. The SMILES string of the molecule is CC(C(=O)Nc1cc(C(C)(C)C)nn1C(C)(C)C)C1CNC1. The van der Waals surface area contributed by atoms with E-state index in [1.807, 2.05) is 17.7 Å². The second-order valence-electron chi connectivity index (χ2n) is 8.44. The van der Waals surface area contributed by atoms with Gasteiger partial charge in [-0.2, -0.15) is 5.10 Å². The van der Waals surface area contributed by atoms with Gasteiger partial charge < -0.3 is 10.6 Å². The number of hydrogen-bond donors (Lipinski definition) is 2. The highest BCUT2D eigenvalue weighted by Crippen LogP contribution is 2.29. The fourth-order valence-corrected chi connectivity index (χ4v) is 2.47. The van der Waals surface area contributed by atoms with Crippen molar-refractivity contribution in [2.75, 3.05) is 18.4 Å². The van der Waals surface area contributed by atoms with E-state index in [1.54, 1.807) is 0 Å². The van der Waals surface area contributed by atoms with Crippen molar-refractivity contribution >= 4 is 11.7 Å². The van der Waals surface area contributed by atoms with Crippen LogP contribution in [0, 0.1) is 11.8 Å². The second-order valence-corrected chi connectivity index (χ2v) is 8.44. The Balaban J connectivity index is 2.25. The van der Waals surface area contributed by atoms with Crippen LogP contribution >= 0.6 is 0 Å². The first-order valence-corrected chi connectivity index (χ1v) is 8.13.